The number of aromatic nitrogens is 2. The number of carbonyl (C=O) groups excluding carboxylic acids is 1. The molecular weight excluding hydrogens is 340 g/mol. The van der Waals surface area contributed by atoms with Gasteiger partial charge in [-0.1, -0.05) is 0 Å². The van der Waals surface area contributed by atoms with Crippen LogP contribution in [0, 0.1) is 17.8 Å². The molecule has 2 saturated carbocycles. The molecule has 1 spiro atoms. The van der Waals surface area contributed by atoms with Gasteiger partial charge in [-0.2, -0.15) is 0 Å². The Labute approximate surface area is 161 Å². The van der Waals surface area contributed by atoms with Crippen LogP contribution in [0.15, 0.2) is 18.6 Å². The van der Waals surface area contributed by atoms with Crippen molar-refractivity contribution >= 4 is 5.91 Å². The smallest absolute Gasteiger partial charge is 0.274 e. The molecule has 0 radical (unpaired) electrons. The molecule has 6 heteroatoms. The minimum atomic E-state index is 0.0206. The highest BCUT2D eigenvalue weighted by atomic mass is 16.5. The summed E-state index contributed by atoms with van der Waals surface area (Å²) in [4.78, 5) is 25.6. The molecule has 1 aromatic heterocycles. The fraction of sp³-hybridized carbons (Fsp3) is 0.762. The van der Waals surface area contributed by atoms with Gasteiger partial charge >= 0.3 is 0 Å². The van der Waals surface area contributed by atoms with Crippen LogP contribution in [0.1, 0.15) is 49.0 Å². The van der Waals surface area contributed by atoms with Crippen LogP contribution in [0.2, 0.25) is 0 Å². The van der Waals surface area contributed by atoms with Crippen molar-refractivity contribution in [2.75, 3.05) is 39.4 Å². The summed E-state index contributed by atoms with van der Waals surface area (Å²) in [6.07, 6.45) is 12.6. The zero-order valence-electron chi connectivity index (χ0n) is 16.1. The monoisotopic (exact) mass is 370 g/mol. The predicted molar refractivity (Wildman–Crippen MR) is 101 cm³/mol. The van der Waals surface area contributed by atoms with Crippen LogP contribution in [0.25, 0.3) is 0 Å². The van der Waals surface area contributed by atoms with Crippen LogP contribution in [-0.2, 0) is 4.74 Å². The third-order valence-electron chi connectivity index (χ3n) is 6.77. The lowest BCUT2D eigenvalue weighted by atomic mass is 9.74. The van der Waals surface area contributed by atoms with E-state index in [1.54, 1.807) is 18.6 Å². The molecule has 27 heavy (non-hydrogen) atoms. The number of nitrogens with zero attached hydrogens (tertiary/aromatic N) is 4. The molecule has 5 rings (SSSR count). The second-order valence-corrected chi connectivity index (χ2v) is 9.21. The molecule has 1 amide bonds. The van der Waals surface area contributed by atoms with Gasteiger partial charge in [0.25, 0.3) is 5.91 Å². The van der Waals surface area contributed by atoms with Crippen molar-refractivity contribution in [3.05, 3.63) is 24.3 Å². The first-order valence-corrected chi connectivity index (χ1v) is 10.6. The molecule has 1 aromatic rings. The Balaban J connectivity index is 1.21. The van der Waals surface area contributed by atoms with Crippen molar-refractivity contribution in [1.29, 1.82) is 0 Å². The molecule has 6 nitrogen and oxygen atoms in total. The Morgan fingerprint density at radius 1 is 1.07 bits per heavy atom. The predicted octanol–water partition coefficient (Wildman–Crippen LogP) is 2.22. The van der Waals surface area contributed by atoms with E-state index in [1.165, 1.54) is 38.6 Å². The third-order valence-corrected chi connectivity index (χ3v) is 6.77. The molecule has 2 aliphatic carbocycles. The van der Waals surface area contributed by atoms with Gasteiger partial charge in [-0.25, -0.2) is 4.98 Å². The molecule has 4 fully saturated rings. The molecular formula is C21H30N4O2. The summed E-state index contributed by atoms with van der Waals surface area (Å²) in [5, 5.41) is 0. The van der Waals surface area contributed by atoms with Crippen molar-refractivity contribution in [3.63, 3.8) is 0 Å². The van der Waals surface area contributed by atoms with Gasteiger partial charge in [0.05, 0.1) is 11.7 Å². The first kappa shape index (κ1) is 17.6. The molecule has 0 unspecified atom stereocenters. The number of piperidine rings is 1. The molecule has 2 saturated heterocycles. The van der Waals surface area contributed by atoms with E-state index in [9.17, 15) is 4.79 Å². The molecule has 146 valence electrons. The minimum absolute atomic E-state index is 0.0206. The second kappa shape index (κ2) is 7.13. The van der Waals surface area contributed by atoms with E-state index >= 15 is 0 Å². The number of hydrogen-bond acceptors (Lipinski definition) is 5. The average molecular weight is 370 g/mol. The molecule has 1 atom stereocenters. The molecule has 0 bridgehead atoms. The van der Waals surface area contributed by atoms with E-state index in [0.717, 1.165) is 51.1 Å². The fourth-order valence-corrected chi connectivity index (χ4v) is 4.78. The lowest BCUT2D eigenvalue weighted by Crippen LogP contribution is -2.73. The molecule has 4 aliphatic rings. The average Bonchev–Trinajstić information content (AvgIpc) is 3.57. The molecule has 0 N–H and O–H groups in total. The number of likely N-dealkylation sites (tertiary alicyclic amines) is 2. The lowest BCUT2D eigenvalue weighted by Gasteiger charge is -2.59. The van der Waals surface area contributed by atoms with Crippen molar-refractivity contribution < 1.29 is 9.53 Å². The Morgan fingerprint density at radius 3 is 2.56 bits per heavy atom. The van der Waals surface area contributed by atoms with Gasteiger partial charge in [0, 0.05) is 45.2 Å². The summed E-state index contributed by atoms with van der Waals surface area (Å²) in [6, 6.07) is 0. The zero-order chi connectivity index (χ0) is 18.3. The van der Waals surface area contributed by atoms with E-state index in [0.29, 0.717) is 11.6 Å². The first-order chi connectivity index (χ1) is 13.2. The Kier molecular flexibility index (Phi) is 4.64. The number of carbonyl (C=O) groups is 1. The molecule has 0 aromatic carbocycles. The number of amides is 1. The van der Waals surface area contributed by atoms with Gasteiger partial charge in [-0.05, 0) is 62.8 Å². The van der Waals surface area contributed by atoms with Crippen LogP contribution in [0.3, 0.4) is 0 Å². The summed E-state index contributed by atoms with van der Waals surface area (Å²) in [5.74, 6) is 2.37. The Morgan fingerprint density at radius 2 is 1.85 bits per heavy atom. The van der Waals surface area contributed by atoms with Gasteiger partial charge < -0.3 is 9.64 Å². The van der Waals surface area contributed by atoms with Crippen LogP contribution in [0.4, 0.5) is 0 Å². The molecule has 2 aliphatic heterocycles. The van der Waals surface area contributed by atoms with Crippen LogP contribution in [-0.4, -0.2) is 70.6 Å². The summed E-state index contributed by atoms with van der Waals surface area (Å²) in [5.41, 5.74) is 0.619. The Bertz CT molecular complexity index is 668. The van der Waals surface area contributed by atoms with Crippen LogP contribution >= 0.6 is 0 Å². The van der Waals surface area contributed by atoms with Crippen molar-refractivity contribution in [3.8, 4) is 0 Å². The SMILES string of the molecule is O=C(c1cnccn1)N1CC2(C[C@H](COCC3CC3)CCN2CC2CC2)C1. The highest BCUT2D eigenvalue weighted by molar-refractivity contribution is 5.92. The first-order valence-electron chi connectivity index (χ1n) is 10.6. The second-order valence-electron chi connectivity index (χ2n) is 9.21. The number of ether oxygens (including phenoxy) is 1. The maximum absolute atomic E-state index is 12.7. The van der Waals surface area contributed by atoms with Crippen molar-refractivity contribution in [1.82, 2.24) is 19.8 Å². The quantitative estimate of drug-likeness (QED) is 0.737. The maximum Gasteiger partial charge on any atom is 0.274 e. The summed E-state index contributed by atoms with van der Waals surface area (Å²) in [7, 11) is 0. The zero-order valence-corrected chi connectivity index (χ0v) is 16.1. The van der Waals surface area contributed by atoms with Gasteiger partial charge in [-0.3, -0.25) is 14.7 Å². The normalized spacial score (nSPS) is 27.6. The van der Waals surface area contributed by atoms with Crippen molar-refractivity contribution in [2.45, 2.75) is 44.1 Å². The van der Waals surface area contributed by atoms with E-state index in [1.807, 2.05) is 4.90 Å². The fourth-order valence-electron chi connectivity index (χ4n) is 4.78. The highest BCUT2D eigenvalue weighted by Crippen LogP contribution is 2.42. The summed E-state index contributed by atoms with van der Waals surface area (Å²) < 4.78 is 6.01. The van der Waals surface area contributed by atoms with E-state index < -0.39 is 0 Å². The molecule has 3 heterocycles. The van der Waals surface area contributed by atoms with E-state index in [4.69, 9.17) is 4.74 Å². The van der Waals surface area contributed by atoms with Gasteiger partial charge in [0.15, 0.2) is 0 Å². The van der Waals surface area contributed by atoms with Gasteiger partial charge in [0.1, 0.15) is 5.69 Å². The Hall–Kier alpha value is -1.53. The number of hydrogen-bond donors (Lipinski definition) is 0. The number of rotatable bonds is 7. The minimum Gasteiger partial charge on any atom is -0.381 e. The van der Waals surface area contributed by atoms with Crippen molar-refractivity contribution in [2.24, 2.45) is 17.8 Å². The summed E-state index contributed by atoms with van der Waals surface area (Å²) >= 11 is 0. The lowest BCUT2D eigenvalue weighted by molar-refractivity contribution is -0.0897. The van der Waals surface area contributed by atoms with E-state index in [2.05, 4.69) is 14.9 Å². The topological polar surface area (TPSA) is 58.6 Å². The van der Waals surface area contributed by atoms with Crippen LogP contribution < -0.4 is 0 Å². The largest absolute Gasteiger partial charge is 0.381 e. The highest BCUT2D eigenvalue weighted by Gasteiger charge is 2.53. The third kappa shape index (κ3) is 3.87. The van der Waals surface area contributed by atoms with Crippen LogP contribution in [0.5, 0.6) is 0 Å². The maximum atomic E-state index is 12.7. The van der Waals surface area contributed by atoms with Gasteiger partial charge in [-0.15, -0.1) is 0 Å². The standard InChI is InChI=1S/C21H30N4O2/c26-20(19-10-22-6-7-23-19)24-14-21(15-24)9-18(13-27-12-17-3-4-17)5-8-25(21)11-16-1-2-16/h6-7,10,16-18H,1-5,8-9,11-15H2/t18-/m1/s1. The summed E-state index contributed by atoms with van der Waals surface area (Å²) in [6.45, 7) is 5.87. The van der Waals surface area contributed by atoms with Gasteiger partial charge in [0.2, 0.25) is 0 Å². The van der Waals surface area contributed by atoms with E-state index in [-0.39, 0.29) is 11.4 Å².